The predicted molar refractivity (Wildman–Crippen MR) is 76.9 cm³/mol. The summed E-state index contributed by atoms with van der Waals surface area (Å²) in [6.45, 7) is 4.45. The van der Waals surface area contributed by atoms with Crippen LogP contribution >= 0.6 is 0 Å². The largest absolute Gasteiger partial charge is 0.370 e. The van der Waals surface area contributed by atoms with Crippen LogP contribution in [0, 0.1) is 0 Å². The van der Waals surface area contributed by atoms with Crippen molar-refractivity contribution in [3.05, 3.63) is 23.9 Å². The Hall–Kier alpha value is -1.09. The number of hydrogen-bond donors (Lipinski definition) is 1. The molecule has 2 rings (SSSR count). The third-order valence-corrected chi connectivity index (χ3v) is 3.79. The van der Waals surface area contributed by atoms with Crippen molar-refractivity contribution in [3.63, 3.8) is 0 Å². The number of nitrogens with one attached hydrogen (secondary N) is 1. The van der Waals surface area contributed by atoms with Crippen LogP contribution in [0.5, 0.6) is 0 Å². The van der Waals surface area contributed by atoms with Crippen LogP contribution in [-0.2, 0) is 0 Å². The second-order valence-corrected chi connectivity index (χ2v) is 5.21. The molecule has 0 amide bonds. The maximum absolute atomic E-state index is 4.52. The number of anilines is 1. The monoisotopic (exact) mass is 247 g/mol. The van der Waals surface area contributed by atoms with Gasteiger partial charge >= 0.3 is 0 Å². The number of nitrogens with zero attached hydrogens (tertiary/aromatic N) is 2. The van der Waals surface area contributed by atoms with E-state index >= 15 is 0 Å². The van der Waals surface area contributed by atoms with Gasteiger partial charge in [-0.3, -0.25) is 4.90 Å². The number of hydrogen-bond acceptors (Lipinski definition) is 3. The summed E-state index contributed by atoms with van der Waals surface area (Å²) in [7, 11) is 2.23. The number of aromatic nitrogens is 1. The first-order chi connectivity index (χ1) is 8.83. The minimum Gasteiger partial charge on any atom is -0.370 e. The van der Waals surface area contributed by atoms with Crippen LogP contribution in [0.3, 0.4) is 0 Å². The minimum absolute atomic E-state index is 0.538. The van der Waals surface area contributed by atoms with Gasteiger partial charge in [0.25, 0.3) is 0 Å². The average Bonchev–Trinajstić information content (AvgIpc) is 2.40. The molecule has 1 aromatic heterocycles. The van der Waals surface area contributed by atoms with Crippen molar-refractivity contribution in [1.82, 2.24) is 9.88 Å². The van der Waals surface area contributed by atoms with Crippen LogP contribution in [0.1, 0.15) is 50.6 Å². The van der Waals surface area contributed by atoms with E-state index in [4.69, 9.17) is 0 Å². The molecule has 1 aliphatic rings. The van der Waals surface area contributed by atoms with E-state index in [1.165, 1.54) is 44.2 Å². The van der Waals surface area contributed by atoms with Gasteiger partial charge in [-0.1, -0.05) is 25.8 Å². The first-order valence-electron chi connectivity index (χ1n) is 7.22. The Morgan fingerprint density at radius 3 is 3.11 bits per heavy atom. The maximum atomic E-state index is 4.52. The highest BCUT2D eigenvalue weighted by Crippen LogP contribution is 2.32. The highest BCUT2D eigenvalue weighted by atomic mass is 15.1. The average molecular weight is 247 g/mol. The van der Waals surface area contributed by atoms with Gasteiger partial charge in [-0.25, -0.2) is 4.98 Å². The third-order valence-electron chi connectivity index (χ3n) is 3.79. The first-order valence-corrected chi connectivity index (χ1v) is 7.22. The molecule has 100 valence electrons. The van der Waals surface area contributed by atoms with E-state index in [0.717, 1.165) is 12.4 Å². The molecule has 1 N–H and O–H groups in total. The van der Waals surface area contributed by atoms with Crippen molar-refractivity contribution in [3.8, 4) is 0 Å². The Morgan fingerprint density at radius 1 is 1.44 bits per heavy atom. The van der Waals surface area contributed by atoms with Crippen LogP contribution in [-0.4, -0.2) is 30.0 Å². The maximum Gasteiger partial charge on any atom is 0.130 e. The summed E-state index contributed by atoms with van der Waals surface area (Å²) in [5, 5.41) is 3.49. The smallest absolute Gasteiger partial charge is 0.130 e. The topological polar surface area (TPSA) is 28.2 Å². The van der Waals surface area contributed by atoms with Gasteiger partial charge in [-0.05, 0) is 38.9 Å². The van der Waals surface area contributed by atoms with Crippen LogP contribution in [0.25, 0.3) is 0 Å². The standard InChI is InChI=1S/C15H25N3/c1-3-4-10-16-15-13(8-7-11-17-15)14-9-5-6-12-18(14)2/h7-8,11,14H,3-6,9-10,12H2,1-2H3,(H,16,17)/t14-/m0/s1. The van der Waals surface area contributed by atoms with E-state index in [1.54, 1.807) is 0 Å². The molecular formula is C15H25N3. The lowest BCUT2D eigenvalue weighted by molar-refractivity contribution is 0.187. The minimum atomic E-state index is 0.538. The van der Waals surface area contributed by atoms with Crippen molar-refractivity contribution in [2.45, 2.75) is 45.1 Å². The van der Waals surface area contributed by atoms with E-state index in [-0.39, 0.29) is 0 Å². The molecule has 3 heteroatoms. The van der Waals surface area contributed by atoms with Crippen molar-refractivity contribution in [1.29, 1.82) is 0 Å². The third kappa shape index (κ3) is 3.22. The summed E-state index contributed by atoms with van der Waals surface area (Å²) in [6.07, 6.45) is 8.23. The summed E-state index contributed by atoms with van der Waals surface area (Å²) < 4.78 is 0. The molecule has 2 heterocycles. The number of rotatable bonds is 5. The van der Waals surface area contributed by atoms with E-state index in [2.05, 4.69) is 41.3 Å². The van der Waals surface area contributed by atoms with Crippen LogP contribution in [0.15, 0.2) is 18.3 Å². The van der Waals surface area contributed by atoms with Crippen molar-refractivity contribution < 1.29 is 0 Å². The fourth-order valence-electron chi connectivity index (χ4n) is 2.69. The summed E-state index contributed by atoms with van der Waals surface area (Å²) in [5.41, 5.74) is 1.37. The normalized spacial score (nSPS) is 20.9. The van der Waals surface area contributed by atoms with E-state index in [1.807, 2.05) is 6.20 Å². The molecule has 18 heavy (non-hydrogen) atoms. The Bertz CT molecular complexity index is 365. The molecule has 0 aliphatic carbocycles. The van der Waals surface area contributed by atoms with Gasteiger partial charge in [0, 0.05) is 24.3 Å². The van der Waals surface area contributed by atoms with Crippen molar-refractivity contribution in [2.24, 2.45) is 0 Å². The first kappa shape index (κ1) is 13.3. The summed E-state index contributed by atoms with van der Waals surface area (Å²) >= 11 is 0. The molecule has 0 radical (unpaired) electrons. The van der Waals surface area contributed by atoms with Crippen molar-refractivity contribution in [2.75, 3.05) is 25.5 Å². The molecule has 0 aromatic carbocycles. The van der Waals surface area contributed by atoms with Crippen molar-refractivity contribution >= 4 is 5.82 Å². The highest BCUT2D eigenvalue weighted by Gasteiger charge is 2.23. The number of piperidine rings is 1. The number of unbranched alkanes of at least 4 members (excludes halogenated alkanes) is 1. The Balaban J connectivity index is 2.10. The Labute approximate surface area is 111 Å². The zero-order valence-electron chi connectivity index (χ0n) is 11.7. The molecule has 0 unspecified atom stereocenters. The zero-order valence-corrected chi connectivity index (χ0v) is 11.7. The van der Waals surface area contributed by atoms with E-state index in [0.29, 0.717) is 6.04 Å². The van der Waals surface area contributed by atoms with Crippen LogP contribution < -0.4 is 5.32 Å². The van der Waals surface area contributed by atoms with E-state index < -0.39 is 0 Å². The second-order valence-electron chi connectivity index (χ2n) is 5.21. The van der Waals surface area contributed by atoms with E-state index in [9.17, 15) is 0 Å². The molecule has 0 spiro atoms. The quantitative estimate of drug-likeness (QED) is 0.808. The lowest BCUT2D eigenvalue weighted by atomic mass is 9.96. The Morgan fingerprint density at radius 2 is 2.33 bits per heavy atom. The lowest BCUT2D eigenvalue weighted by Gasteiger charge is -2.33. The van der Waals surface area contributed by atoms with Crippen LogP contribution in [0.2, 0.25) is 0 Å². The Kier molecular flexibility index (Phi) is 5.00. The molecule has 1 fully saturated rings. The summed E-state index contributed by atoms with van der Waals surface area (Å²) in [4.78, 5) is 6.99. The van der Waals surface area contributed by atoms with Gasteiger partial charge in [0.1, 0.15) is 5.82 Å². The molecule has 0 bridgehead atoms. The molecule has 3 nitrogen and oxygen atoms in total. The van der Waals surface area contributed by atoms with Gasteiger partial charge in [0.15, 0.2) is 0 Å². The fourth-order valence-corrected chi connectivity index (χ4v) is 2.69. The lowest BCUT2D eigenvalue weighted by Crippen LogP contribution is -2.30. The second kappa shape index (κ2) is 6.74. The van der Waals surface area contributed by atoms with Gasteiger partial charge in [0.05, 0.1) is 0 Å². The number of likely N-dealkylation sites (tertiary alicyclic amines) is 1. The fraction of sp³-hybridized carbons (Fsp3) is 0.667. The molecule has 1 aliphatic heterocycles. The zero-order chi connectivity index (χ0) is 12.8. The molecular weight excluding hydrogens is 222 g/mol. The molecule has 0 saturated carbocycles. The SMILES string of the molecule is CCCCNc1ncccc1[C@@H]1CCCCN1C. The molecule has 1 atom stereocenters. The van der Waals surface area contributed by atoms with Gasteiger partial charge in [-0.2, -0.15) is 0 Å². The van der Waals surface area contributed by atoms with Gasteiger partial charge in [0.2, 0.25) is 0 Å². The highest BCUT2D eigenvalue weighted by molar-refractivity contribution is 5.45. The molecule has 1 saturated heterocycles. The summed E-state index contributed by atoms with van der Waals surface area (Å²) in [6, 6.07) is 4.83. The molecule has 1 aromatic rings. The summed E-state index contributed by atoms with van der Waals surface area (Å²) in [5.74, 6) is 1.09. The van der Waals surface area contributed by atoms with Crippen LogP contribution in [0.4, 0.5) is 5.82 Å². The van der Waals surface area contributed by atoms with Gasteiger partial charge in [-0.15, -0.1) is 0 Å². The number of pyridine rings is 1. The predicted octanol–water partition coefficient (Wildman–Crippen LogP) is 3.45. The van der Waals surface area contributed by atoms with Gasteiger partial charge < -0.3 is 5.32 Å².